The molecule has 0 atom stereocenters. The van der Waals surface area contributed by atoms with E-state index in [9.17, 15) is 9.59 Å². The Morgan fingerprint density at radius 1 is 1.36 bits per heavy atom. The standard InChI is InChI=1S/C13H13N5O3S/c1-8-3-4-14-12-15-10(16-18(8)12)11(19)21-6-5-17-9(2)7-22-13(17)20/h3-4,7H,5-6H2,1-2H3. The summed E-state index contributed by atoms with van der Waals surface area (Å²) in [6.45, 7) is 4.06. The first-order chi connectivity index (χ1) is 10.6. The number of aromatic nitrogens is 5. The number of fused-ring (bicyclic) bond motifs is 1. The van der Waals surface area contributed by atoms with Crippen molar-refractivity contribution in [3.63, 3.8) is 0 Å². The quantitative estimate of drug-likeness (QED) is 0.661. The number of aryl methyl sites for hydroxylation is 2. The highest BCUT2D eigenvalue weighted by Crippen LogP contribution is 2.04. The van der Waals surface area contributed by atoms with Gasteiger partial charge in [-0.3, -0.25) is 9.36 Å². The number of hydrogen-bond acceptors (Lipinski definition) is 7. The number of rotatable bonds is 4. The first-order valence-electron chi connectivity index (χ1n) is 6.56. The average Bonchev–Trinajstić information content (AvgIpc) is 3.06. The number of ether oxygens (including phenoxy) is 1. The second kappa shape index (κ2) is 5.68. The predicted octanol–water partition coefficient (Wildman–Crippen LogP) is 0.821. The molecule has 3 aromatic heterocycles. The van der Waals surface area contributed by atoms with E-state index < -0.39 is 5.97 Å². The van der Waals surface area contributed by atoms with E-state index in [1.165, 1.54) is 4.52 Å². The summed E-state index contributed by atoms with van der Waals surface area (Å²) >= 11 is 1.12. The Morgan fingerprint density at radius 3 is 2.86 bits per heavy atom. The van der Waals surface area contributed by atoms with E-state index in [0.29, 0.717) is 12.3 Å². The van der Waals surface area contributed by atoms with Gasteiger partial charge in [-0.05, 0) is 19.9 Å². The second-order valence-electron chi connectivity index (χ2n) is 4.66. The lowest BCUT2D eigenvalue weighted by Gasteiger charge is -2.04. The van der Waals surface area contributed by atoms with Crippen molar-refractivity contribution in [2.45, 2.75) is 20.4 Å². The third-order valence-electron chi connectivity index (χ3n) is 3.14. The van der Waals surface area contributed by atoms with Gasteiger partial charge >= 0.3 is 10.8 Å². The van der Waals surface area contributed by atoms with Crippen molar-refractivity contribution in [1.82, 2.24) is 24.1 Å². The van der Waals surface area contributed by atoms with E-state index in [1.807, 2.05) is 13.8 Å². The average molecular weight is 319 g/mol. The van der Waals surface area contributed by atoms with Crippen LogP contribution in [0.4, 0.5) is 0 Å². The fourth-order valence-electron chi connectivity index (χ4n) is 1.96. The van der Waals surface area contributed by atoms with Crippen molar-refractivity contribution in [1.29, 1.82) is 0 Å². The molecule has 0 amide bonds. The molecule has 0 aliphatic rings. The summed E-state index contributed by atoms with van der Waals surface area (Å²) in [4.78, 5) is 31.5. The molecule has 3 heterocycles. The SMILES string of the molecule is Cc1csc(=O)n1CCOC(=O)c1nc2nccc(C)n2n1. The number of esters is 1. The molecule has 0 unspecified atom stereocenters. The lowest BCUT2D eigenvalue weighted by molar-refractivity contribution is 0.0476. The molecule has 0 fully saturated rings. The molecule has 3 rings (SSSR count). The van der Waals surface area contributed by atoms with E-state index in [1.54, 1.807) is 22.2 Å². The lowest BCUT2D eigenvalue weighted by atomic mass is 10.5. The van der Waals surface area contributed by atoms with Crippen LogP contribution >= 0.6 is 11.3 Å². The summed E-state index contributed by atoms with van der Waals surface area (Å²) in [5.74, 6) is -0.334. The first kappa shape index (κ1) is 14.4. The Kier molecular flexibility index (Phi) is 3.72. The number of carbonyl (C=O) groups excluding carboxylic acids is 1. The molecule has 114 valence electrons. The molecule has 22 heavy (non-hydrogen) atoms. The van der Waals surface area contributed by atoms with Crippen LogP contribution in [0, 0.1) is 13.8 Å². The molecule has 0 saturated carbocycles. The molecule has 0 aliphatic carbocycles. The van der Waals surface area contributed by atoms with Crippen LogP contribution in [-0.2, 0) is 11.3 Å². The highest BCUT2D eigenvalue weighted by Gasteiger charge is 2.16. The van der Waals surface area contributed by atoms with Gasteiger partial charge in [0.15, 0.2) is 0 Å². The summed E-state index contributed by atoms with van der Waals surface area (Å²) in [6.07, 6.45) is 1.60. The number of hydrogen-bond donors (Lipinski definition) is 0. The van der Waals surface area contributed by atoms with Gasteiger partial charge in [0.05, 0.1) is 6.54 Å². The van der Waals surface area contributed by atoms with E-state index >= 15 is 0 Å². The Balaban J connectivity index is 1.69. The smallest absolute Gasteiger partial charge is 0.378 e. The first-order valence-corrected chi connectivity index (χ1v) is 7.44. The van der Waals surface area contributed by atoms with Crippen LogP contribution in [0.1, 0.15) is 22.0 Å². The zero-order chi connectivity index (χ0) is 15.7. The summed E-state index contributed by atoms with van der Waals surface area (Å²) in [7, 11) is 0. The van der Waals surface area contributed by atoms with Gasteiger partial charge in [0.1, 0.15) is 6.61 Å². The van der Waals surface area contributed by atoms with Crippen molar-refractivity contribution >= 4 is 23.1 Å². The molecule has 0 N–H and O–H groups in total. The topological polar surface area (TPSA) is 91.4 Å². The molecular formula is C13H13N5O3S. The molecule has 0 spiro atoms. The van der Waals surface area contributed by atoms with Gasteiger partial charge in [-0.15, -0.1) is 5.10 Å². The molecule has 9 heteroatoms. The minimum Gasteiger partial charge on any atom is -0.458 e. The zero-order valence-electron chi connectivity index (χ0n) is 12.0. The van der Waals surface area contributed by atoms with Gasteiger partial charge in [-0.1, -0.05) is 11.3 Å². The molecule has 0 bridgehead atoms. The van der Waals surface area contributed by atoms with Crippen LogP contribution in [0.5, 0.6) is 0 Å². The van der Waals surface area contributed by atoms with Crippen LogP contribution in [0.25, 0.3) is 5.78 Å². The van der Waals surface area contributed by atoms with Crippen LogP contribution < -0.4 is 4.87 Å². The van der Waals surface area contributed by atoms with Crippen LogP contribution in [-0.4, -0.2) is 36.7 Å². The van der Waals surface area contributed by atoms with Crippen molar-refractivity contribution in [2.24, 2.45) is 0 Å². The largest absolute Gasteiger partial charge is 0.458 e. The third-order valence-corrected chi connectivity index (χ3v) is 4.02. The summed E-state index contributed by atoms with van der Waals surface area (Å²) in [5, 5.41) is 5.83. The monoisotopic (exact) mass is 319 g/mol. The van der Waals surface area contributed by atoms with Crippen LogP contribution in [0.3, 0.4) is 0 Å². The molecule has 3 aromatic rings. The molecule has 0 saturated heterocycles. The molecule has 8 nitrogen and oxygen atoms in total. The molecule has 0 aromatic carbocycles. The highest BCUT2D eigenvalue weighted by atomic mass is 32.1. The fourth-order valence-corrected chi connectivity index (χ4v) is 2.72. The van der Waals surface area contributed by atoms with E-state index in [0.717, 1.165) is 22.7 Å². The van der Waals surface area contributed by atoms with E-state index in [4.69, 9.17) is 4.74 Å². The van der Waals surface area contributed by atoms with Gasteiger partial charge < -0.3 is 4.74 Å². The Labute approximate surface area is 129 Å². The van der Waals surface area contributed by atoms with Crippen molar-refractivity contribution in [3.05, 3.63) is 44.5 Å². The van der Waals surface area contributed by atoms with Crippen molar-refractivity contribution in [2.75, 3.05) is 6.61 Å². The predicted molar refractivity (Wildman–Crippen MR) is 79.1 cm³/mol. The molecule has 0 aliphatic heterocycles. The molecular weight excluding hydrogens is 306 g/mol. The maximum absolute atomic E-state index is 12.0. The minimum atomic E-state index is -0.633. The summed E-state index contributed by atoms with van der Waals surface area (Å²) < 4.78 is 8.15. The van der Waals surface area contributed by atoms with Gasteiger partial charge in [-0.2, -0.15) is 4.98 Å². The van der Waals surface area contributed by atoms with Gasteiger partial charge in [-0.25, -0.2) is 14.3 Å². The number of nitrogens with zero attached hydrogens (tertiary/aromatic N) is 5. The number of carbonyl (C=O) groups is 1. The van der Waals surface area contributed by atoms with Crippen molar-refractivity contribution in [3.8, 4) is 0 Å². The third kappa shape index (κ3) is 2.62. The Bertz CT molecular complexity index is 895. The summed E-state index contributed by atoms with van der Waals surface area (Å²) in [6, 6.07) is 1.77. The minimum absolute atomic E-state index is 0.0452. The Hall–Kier alpha value is -2.55. The van der Waals surface area contributed by atoms with E-state index in [-0.39, 0.29) is 17.3 Å². The Morgan fingerprint density at radius 2 is 2.18 bits per heavy atom. The highest BCUT2D eigenvalue weighted by molar-refractivity contribution is 7.07. The van der Waals surface area contributed by atoms with Gasteiger partial charge in [0, 0.05) is 23.0 Å². The number of thiazole rings is 1. The normalized spacial score (nSPS) is 11.0. The van der Waals surface area contributed by atoms with Gasteiger partial charge in [0.25, 0.3) is 11.6 Å². The summed E-state index contributed by atoms with van der Waals surface area (Å²) in [5.41, 5.74) is 1.66. The molecule has 0 radical (unpaired) electrons. The van der Waals surface area contributed by atoms with Crippen LogP contribution in [0.15, 0.2) is 22.4 Å². The van der Waals surface area contributed by atoms with Crippen molar-refractivity contribution < 1.29 is 9.53 Å². The second-order valence-corrected chi connectivity index (χ2v) is 5.48. The fraction of sp³-hybridized carbons (Fsp3) is 0.308. The van der Waals surface area contributed by atoms with Gasteiger partial charge in [0.2, 0.25) is 0 Å². The lowest BCUT2D eigenvalue weighted by Crippen LogP contribution is -2.20. The van der Waals surface area contributed by atoms with E-state index in [2.05, 4.69) is 15.1 Å². The van der Waals surface area contributed by atoms with Crippen LogP contribution in [0.2, 0.25) is 0 Å². The maximum atomic E-state index is 12.0. The maximum Gasteiger partial charge on any atom is 0.378 e. The zero-order valence-corrected chi connectivity index (χ0v) is 12.8.